The van der Waals surface area contributed by atoms with Crippen molar-refractivity contribution in [1.82, 2.24) is 15.0 Å². The van der Waals surface area contributed by atoms with Crippen LogP contribution in [0.25, 0.3) is 34.2 Å². The summed E-state index contributed by atoms with van der Waals surface area (Å²) >= 11 is 0. The molecule has 0 fully saturated rings. The number of methoxy groups -OCH3 is 1. The molecule has 0 spiro atoms. The van der Waals surface area contributed by atoms with Gasteiger partial charge in [0.25, 0.3) is 0 Å². The first-order valence-corrected chi connectivity index (χ1v) is 9.08. The zero-order chi connectivity index (χ0) is 21.1. The fourth-order valence-corrected chi connectivity index (χ4v) is 2.94. The predicted molar refractivity (Wildman–Crippen MR) is 111 cm³/mol. The molecule has 2 N–H and O–H groups in total. The molecule has 0 radical (unpaired) electrons. The molecule has 0 unspecified atom stereocenters. The molecular weight excluding hydrogens is 382 g/mol. The van der Waals surface area contributed by atoms with Crippen LogP contribution in [0.2, 0.25) is 0 Å². The van der Waals surface area contributed by atoms with E-state index in [2.05, 4.69) is 15.0 Å². The number of phenols is 2. The summed E-state index contributed by atoms with van der Waals surface area (Å²) in [5.74, 6) is 0.458. The summed E-state index contributed by atoms with van der Waals surface area (Å²) < 4.78 is 4.73. The van der Waals surface area contributed by atoms with Gasteiger partial charge in [-0.2, -0.15) is 0 Å². The van der Waals surface area contributed by atoms with Gasteiger partial charge in [-0.05, 0) is 36.4 Å². The molecular formula is C23H17N3O4. The van der Waals surface area contributed by atoms with Crippen molar-refractivity contribution in [3.63, 3.8) is 0 Å². The quantitative estimate of drug-likeness (QED) is 0.498. The van der Waals surface area contributed by atoms with Crippen molar-refractivity contribution < 1.29 is 19.7 Å². The van der Waals surface area contributed by atoms with Crippen LogP contribution in [-0.4, -0.2) is 38.2 Å². The molecule has 4 aromatic rings. The molecule has 0 amide bonds. The molecule has 0 saturated heterocycles. The monoisotopic (exact) mass is 399 g/mol. The van der Waals surface area contributed by atoms with Crippen LogP contribution in [0, 0.1) is 0 Å². The van der Waals surface area contributed by atoms with Gasteiger partial charge in [-0.15, -0.1) is 0 Å². The second-order valence-electron chi connectivity index (χ2n) is 6.41. The van der Waals surface area contributed by atoms with E-state index in [1.54, 1.807) is 72.8 Å². The maximum Gasteiger partial charge on any atom is 0.337 e. The number of esters is 1. The summed E-state index contributed by atoms with van der Waals surface area (Å²) in [6.07, 6.45) is 0. The molecule has 7 nitrogen and oxygen atoms in total. The minimum atomic E-state index is -0.443. The topological polar surface area (TPSA) is 105 Å². The summed E-state index contributed by atoms with van der Waals surface area (Å²) in [5, 5.41) is 20.5. The molecule has 1 aromatic heterocycles. The Morgan fingerprint density at radius 3 is 1.63 bits per heavy atom. The highest BCUT2D eigenvalue weighted by Gasteiger charge is 2.16. The Kier molecular flexibility index (Phi) is 5.09. The van der Waals surface area contributed by atoms with Gasteiger partial charge in [0, 0.05) is 5.56 Å². The maximum atomic E-state index is 11.7. The van der Waals surface area contributed by atoms with Gasteiger partial charge in [-0.1, -0.05) is 36.4 Å². The minimum Gasteiger partial charge on any atom is -0.507 e. The Balaban J connectivity index is 1.89. The zero-order valence-corrected chi connectivity index (χ0v) is 16.0. The molecule has 1 heterocycles. The van der Waals surface area contributed by atoms with Crippen molar-refractivity contribution in [3.05, 3.63) is 78.4 Å². The summed E-state index contributed by atoms with van der Waals surface area (Å²) in [6, 6.07) is 20.1. The Bertz CT molecular complexity index is 1160. The molecule has 0 aliphatic rings. The van der Waals surface area contributed by atoms with Crippen molar-refractivity contribution in [2.45, 2.75) is 0 Å². The average Bonchev–Trinajstić information content (AvgIpc) is 2.79. The molecule has 0 bridgehead atoms. The number of hydrogen-bond donors (Lipinski definition) is 2. The lowest BCUT2D eigenvalue weighted by molar-refractivity contribution is 0.0600. The van der Waals surface area contributed by atoms with E-state index in [1.165, 1.54) is 7.11 Å². The fraction of sp³-hybridized carbons (Fsp3) is 0.0435. The summed E-state index contributed by atoms with van der Waals surface area (Å²) in [4.78, 5) is 25.2. The van der Waals surface area contributed by atoms with Crippen molar-refractivity contribution >= 4 is 5.97 Å². The number of ether oxygens (including phenoxy) is 1. The molecule has 0 aliphatic heterocycles. The standard InChI is InChI=1S/C23H17N3O4/c1-30-23(29)15-12-10-14(11-13-15)20-24-21(16-6-2-4-8-18(16)27)26-22(25-20)17-7-3-5-9-19(17)28/h2-13,27-28H,1H3. The Hall–Kier alpha value is -4.26. The first kappa shape index (κ1) is 19.1. The highest BCUT2D eigenvalue weighted by molar-refractivity contribution is 5.89. The Labute approximate surface area is 172 Å². The molecule has 0 saturated carbocycles. The molecule has 3 aromatic carbocycles. The Morgan fingerprint density at radius 1 is 0.700 bits per heavy atom. The van der Waals surface area contributed by atoms with Crippen molar-refractivity contribution in [2.24, 2.45) is 0 Å². The number of aromatic hydroxyl groups is 2. The number of phenolic OH excluding ortho intramolecular Hbond substituents is 2. The number of para-hydroxylation sites is 2. The van der Waals surface area contributed by atoms with Gasteiger partial charge in [-0.3, -0.25) is 0 Å². The van der Waals surface area contributed by atoms with Gasteiger partial charge >= 0.3 is 5.97 Å². The second-order valence-corrected chi connectivity index (χ2v) is 6.41. The third-order valence-electron chi connectivity index (χ3n) is 4.49. The van der Waals surface area contributed by atoms with E-state index < -0.39 is 5.97 Å². The first-order chi connectivity index (χ1) is 14.6. The van der Waals surface area contributed by atoms with E-state index in [9.17, 15) is 15.0 Å². The molecule has 7 heteroatoms. The predicted octanol–water partition coefficient (Wildman–Crippen LogP) is 4.07. The normalized spacial score (nSPS) is 10.6. The highest BCUT2D eigenvalue weighted by atomic mass is 16.5. The van der Waals surface area contributed by atoms with Crippen LogP contribution in [0.1, 0.15) is 10.4 Å². The number of nitrogens with zero attached hydrogens (tertiary/aromatic N) is 3. The van der Waals surface area contributed by atoms with Crippen LogP contribution in [-0.2, 0) is 4.74 Å². The van der Waals surface area contributed by atoms with E-state index >= 15 is 0 Å². The number of hydrogen-bond acceptors (Lipinski definition) is 7. The lowest BCUT2D eigenvalue weighted by Crippen LogP contribution is -2.02. The van der Waals surface area contributed by atoms with Crippen LogP contribution in [0.5, 0.6) is 11.5 Å². The zero-order valence-electron chi connectivity index (χ0n) is 16.0. The first-order valence-electron chi connectivity index (χ1n) is 9.08. The molecule has 148 valence electrons. The molecule has 4 rings (SSSR count). The van der Waals surface area contributed by atoms with Gasteiger partial charge < -0.3 is 14.9 Å². The minimum absolute atomic E-state index is 0.0268. The van der Waals surface area contributed by atoms with E-state index in [4.69, 9.17) is 4.74 Å². The largest absolute Gasteiger partial charge is 0.507 e. The summed E-state index contributed by atoms with van der Waals surface area (Å²) in [6.45, 7) is 0. The maximum absolute atomic E-state index is 11.7. The highest BCUT2D eigenvalue weighted by Crippen LogP contribution is 2.32. The third-order valence-corrected chi connectivity index (χ3v) is 4.49. The van der Waals surface area contributed by atoms with Crippen LogP contribution in [0.15, 0.2) is 72.8 Å². The number of aromatic nitrogens is 3. The number of carbonyl (C=O) groups is 1. The molecule has 30 heavy (non-hydrogen) atoms. The number of carbonyl (C=O) groups excluding carboxylic acids is 1. The number of rotatable bonds is 4. The smallest absolute Gasteiger partial charge is 0.337 e. The van der Waals surface area contributed by atoms with Gasteiger partial charge in [0.15, 0.2) is 17.5 Å². The van der Waals surface area contributed by atoms with Gasteiger partial charge in [0.05, 0.1) is 23.8 Å². The molecule has 0 atom stereocenters. The lowest BCUT2D eigenvalue weighted by atomic mass is 10.1. The Morgan fingerprint density at radius 2 is 1.17 bits per heavy atom. The van der Waals surface area contributed by atoms with Crippen molar-refractivity contribution in [1.29, 1.82) is 0 Å². The summed E-state index contributed by atoms with van der Waals surface area (Å²) in [7, 11) is 1.32. The summed E-state index contributed by atoms with van der Waals surface area (Å²) in [5.41, 5.74) is 1.91. The number of benzene rings is 3. The SMILES string of the molecule is COC(=O)c1ccc(-c2nc(-c3ccccc3O)nc(-c3ccccc3O)n2)cc1. The van der Waals surface area contributed by atoms with E-state index in [1.807, 2.05) is 0 Å². The van der Waals surface area contributed by atoms with E-state index in [0.29, 0.717) is 28.1 Å². The van der Waals surface area contributed by atoms with Crippen molar-refractivity contribution in [3.8, 4) is 45.7 Å². The fourth-order valence-electron chi connectivity index (χ4n) is 2.94. The van der Waals surface area contributed by atoms with E-state index in [-0.39, 0.29) is 23.1 Å². The molecule has 0 aliphatic carbocycles. The second kappa shape index (κ2) is 8.00. The van der Waals surface area contributed by atoms with Gasteiger partial charge in [0.1, 0.15) is 11.5 Å². The average molecular weight is 399 g/mol. The van der Waals surface area contributed by atoms with Crippen LogP contribution in [0.3, 0.4) is 0 Å². The van der Waals surface area contributed by atoms with Gasteiger partial charge in [-0.25, -0.2) is 19.7 Å². The van der Waals surface area contributed by atoms with Crippen LogP contribution >= 0.6 is 0 Å². The van der Waals surface area contributed by atoms with Crippen LogP contribution in [0.4, 0.5) is 0 Å². The lowest BCUT2D eigenvalue weighted by Gasteiger charge is -2.10. The van der Waals surface area contributed by atoms with Crippen molar-refractivity contribution in [2.75, 3.05) is 7.11 Å². The van der Waals surface area contributed by atoms with Crippen LogP contribution < -0.4 is 0 Å². The van der Waals surface area contributed by atoms with Gasteiger partial charge in [0.2, 0.25) is 0 Å². The third kappa shape index (κ3) is 3.68. The van der Waals surface area contributed by atoms with E-state index in [0.717, 1.165) is 0 Å².